The minimum absolute atomic E-state index is 0.161. The fourth-order valence-electron chi connectivity index (χ4n) is 1.74. The first-order chi connectivity index (χ1) is 7.61. The summed E-state index contributed by atoms with van der Waals surface area (Å²) >= 11 is 0. The van der Waals surface area contributed by atoms with E-state index in [9.17, 15) is 5.11 Å². The Morgan fingerprint density at radius 3 is 2.56 bits per heavy atom. The van der Waals surface area contributed by atoms with Crippen LogP contribution in [0.25, 0.3) is 11.1 Å². The van der Waals surface area contributed by atoms with Crippen LogP contribution >= 0.6 is 0 Å². The number of phenolic OH excluding ortho intramolecular Hbond substituents is 1. The van der Waals surface area contributed by atoms with Crippen LogP contribution in [0.1, 0.15) is 11.5 Å². The van der Waals surface area contributed by atoms with Crippen molar-refractivity contribution in [1.29, 1.82) is 0 Å². The molecule has 1 aromatic carbocycles. The topological polar surface area (TPSA) is 55.5 Å². The second-order valence-corrected chi connectivity index (χ2v) is 3.62. The van der Waals surface area contributed by atoms with Crippen molar-refractivity contribution in [2.24, 2.45) is 0 Å². The lowest BCUT2D eigenvalue weighted by molar-refractivity contribution is 0.393. The summed E-state index contributed by atoms with van der Waals surface area (Å²) in [5.74, 6) is 1.49. The van der Waals surface area contributed by atoms with E-state index in [1.807, 2.05) is 19.9 Å². The van der Waals surface area contributed by atoms with Gasteiger partial charge >= 0.3 is 0 Å². The van der Waals surface area contributed by atoms with Gasteiger partial charge in [0.25, 0.3) is 0 Å². The third kappa shape index (κ3) is 1.74. The molecule has 0 atom stereocenters. The zero-order valence-corrected chi connectivity index (χ0v) is 9.44. The van der Waals surface area contributed by atoms with E-state index in [4.69, 9.17) is 9.26 Å². The molecule has 16 heavy (non-hydrogen) atoms. The van der Waals surface area contributed by atoms with Gasteiger partial charge in [0.15, 0.2) is 0 Å². The first kappa shape index (κ1) is 10.5. The van der Waals surface area contributed by atoms with Gasteiger partial charge in [-0.15, -0.1) is 0 Å². The molecule has 0 unspecified atom stereocenters. The van der Waals surface area contributed by atoms with Gasteiger partial charge in [-0.3, -0.25) is 0 Å². The van der Waals surface area contributed by atoms with Crippen LogP contribution in [0.3, 0.4) is 0 Å². The van der Waals surface area contributed by atoms with Gasteiger partial charge in [0.05, 0.1) is 12.8 Å². The molecule has 0 saturated heterocycles. The van der Waals surface area contributed by atoms with Gasteiger partial charge in [-0.2, -0.15) is 0 Å². The molecule has 0 radical (unpaired) electrons. The molecule has 0 bridgehead atoms. The van der Waals surface area contributed by atoms with Crippen molar-refractivity contribution in [1.82, 2.24) is 5.16 Å². The van der Waals surface area contributed by atoms with Crippen LogP contribution in [-0.4, -0.2) is 17.4 Å². The second kappa shape index (κ2) is 3.89. The van der Waals surface area contributed by atoms with Crippen LogP contribution in [0, 0.1) is 13.8 Å². The lowest BCUT2D eigenvalue weighted by Crippen LogP contribution is -1.86. The van der Waals surface area contributed by atoms with Crippen molar-refractivity contribution < 1.29 is 14.4 Å². The summed E-state index contributed by atoms with van der Waals surface area (Å²) in [6, 6.07) is 5.06. The van der Waals surface area contributed by atoms with Crippen LogP contribution in [0.2, 0.25) is 0 Å². The molecule has 1 heterocycles. The van der Waals surface area contributed by atoms with Gasteiger partial charge in [-0.25, -0.2) is 0 Å². The molecular formula is C12H13NO3. The Morgan fingerprint density at radius 2 is 2.00 bits per heavy atom. The standard InChI is InChI=1S/C12H13NO3/c1-7-12(8(2)16-13-7)9-4-10(14)6-11(5-9)15-3/h4-6,14H,1-3H3. The Morgan fingerprint density at radius 1 is 1.25 bits per heavy atom. The molecule has 0 amide bonds. The van der Waals surface area contributed by atoms with Crippen molar-refractivity contribution in [3.05, 3.63) is 29.7 Å². The number of hydrogen-bond acceptors (Lipinski definition) is 4. The van der Waals surface area contributed by atoms with Gasteiger partial charge in [-0.05, 0) is 31.5 Å². The zero-order valence-electron chi connectivity index (χ0n) is 9.44. The van der Waals surface area contributed by atoms with Crippen molar-refractivity contribution >= 4 is 0 Å². The Bertz CT molecular complexity index is 497. The number of hydrogen-bond donors (Lipinski definition) is 1. The molecule has 4 nitrogen and oxygen atoms in total. The van der Waals surface area contributed by atoms with Gasteiger partial charge in [0.1, 0.15) is 17.3 Å². The highest BCUT2D eigenvalue weighted by Crippen LogP contribution is 2.32. The number of phenols is 1. The van der Waals surface area contributed by atoms with E-state index >= 15 is 0 Å². The minimum atomic E-state index is 0.161. The number of methoxy groups -OCH3 is 1. The smallest absolute Gasteiger partial charge is 0.141 e. The maximum absolute atomic E-state index is 9.57. The maximum Gasteiger partial charge on any atom is 0.141 e. The molecule has 4 heteroatoms. The molecule has 0 fully saturated rings. The summed E-state index contributed by atoms with van der Waals surface area (Å²) in [4.78, 5) is 0. The lowest BCUT2D eigenvalue weighted by atomic mass is 10.0. The molecule has 0 saturated carbocycles. The van der Waals surface area contributed by atoms with E-state index < -0.39 is 0 Å². The van der Waals surface area contributed by atoms with Gasteiger partial charge in [0.2, 0.25) is 0 Å². The number of aromatic hydroxyl groups is 1. The summed E-state index contributed by atoms with van der Waals surface area (Å²) in [7, 11) is 1.56. The first-order valence-corrected chi connectivity index (χ1v) is 4.93. The second-order valence-electron chi connectivity index (χ2n) is 3.62. The van der Waals surface area contributed by atoms with E-state index in [0.29, 0.717) is 5.75 Å². The Hall–Kier alpha value is -1.97. The van der Waals surface area contributed by atoms with E-state index in [0.717, 1.165) is 22.6 Å². The van der Waals surface area contributed by atoms with E-state index in [1.165, 1.54) is 0 Å². The third-order valence-corrected chi connectivity index (χ3v) is 2.45. The molecule has 2 aromatic rings. The molecule has 84 valence electrons. The molecule has 2 rings (SSSR count). The van der Waals surface area contributed by atoms with Crippen LogP contribution in [0.15, 0.2) is 22.7 Å². The third-order valence-electron chi connectivity index (χ3n) is 2.45. The first-order valence-electron chi connectivity index (χ1n) is 4.93. The zero-order chi connectivity index (χ0) is 11.7. The highest BCUT2D eigenvalue weighted by atomic mass is 16.5. The maximum atomic E-state index is 9.57. The van der Waals surface area contributed by atoms with Crippen molar-refractivity contribution in [3.63, 3.8) is 0 Å². The number of rotatable bonds is 2. The van der Waals surface area contributed by atoms with Crippen LogP contribution < -0.4 is 4.74 Å². The predicted octanol–water partition coefficient (Wildman–Crippen LogP) is 2.67. The minimum Gasteiger partial charge on any atom is -0.508 e. The van der Waals surface area contributed by atoms with Gasteiger partial charge < -0.3 is 14.4 Å². The summed E-state index contributed by atoms with van der Waals surface area (Å²) in [5.41, 5.74) is 2.53. The number of nitrogens with zero attached hydrogens (tertiary/aromatic N) is 1. The molecule has 0 spiro atoms. The Balaban J connectivity index is 2.60. The number of aromatic nitrogens is 1. The number of aryl methyl sites for hydroxylation is 2. The van der Waals surface area contributed by atoms with Gasteiger partial charge in [0, 0.05) is 11.6 Å². The van der Waals surface area contributed by atoms with Crippen LogP contribution in [-0.2, 0) is 0 Å². The summed E-state index contributed by atoms with van der Waals surface area (Å²) in [6.07, 6.45) is 0. The Kier molecular flexibility index (Phi) is 2.56. The monoisotopic (exact) mass is 219 g/mol. The molecule has 0 aliphatic carbocycles. The van der Waals surface area contributed by atoms with Crippen LogP contribution in [0.4, 0.5) is 0 Å². The highest BCUT2D eigenvalue weighted by Gasteiger charge is 2.13. The molecular weight excluding hydrogens is 206 g/mol. The lowest BCUT2D eigenvalue weighted by Gasteiger charge is -2.05. The number of ether oxygens (including phenoxy) is 1. The highest BCUT2D eigenvalue weighted by molar-refractivity contribution is 5.70. The molecule has 1 aromatic heterocycles. The molecule has 1 N–H and O–H groups in total. The van der Waals surface area contributed by atoms with Crippen LogP contribution in [0.5, 0.6) is 11.5 Å². The molecule has 0 aliphatic rings. The SMILES string of the molecule is COc1cc(O)cc(-c2c(C)noc2C)c1. The van der Waals surface area contributed by atoms with Gasteiger partial charge in [-0.1, -0.05) is 5.16 Å². The average Bonchev–Trinajstić information content (AvgIpc) is 2.57. The van der Waals surface area contributed by atoms with E-state index in [1.54, 1.807) is 19.2 Å². The number of benzene rings is 1. The van der Waals surface area contributed by atoms with E-state index in [2.05, 4.69) is 5.16 Å². The van der Waals surface area contributed by atoms with Crippen molar-refractivity contribution in [2.75, 3.05) is 7.11 Å². The fraction of sp³-hybridized carbons (Fsp3) is 0.250. The summed E-state index contributed by atoms with van der Waals surface area (Å²) < 4.78 is 10.2. The summed E-state index contributed by atoms with van der Waals surface area (Å²) in [5, 5.41) is 13.5. The summed E-state index contributed by atoms with van der Waals surface area (Å²) in [6.45, 7) is 3.70. The quantitative estimate of drug-likeness (QED) is 0.843. The van der Waals surface area contributed by atoms with E-state index in [-0.39, 0.29) is 5.75 Å². The van der Waals surface area contributed by atoms with Crippen molar-refractivity contribution in [3.8, 4) is 22.6 Å². The largest absolute Gasteiger partial charge is 0.508 e. The van der Waals surface area contributed by atoms with Crippen molar-refractivity contribution in [2.45, 2.75) is 13.8 Å². The molecule has 0 aliphatic heterocycles. The normalized spacial score (nSPS) is 10.4. The fourth-order valence-corrected chi connectivity index (χ4v) is 1.74. The Labute approximate surface area is 93.5 Å². The predicted molar refractivity (Wildman–Crippen MR) is 59.6 cm³/mol. The average molecular weight is 219 g/mol.